The van der Waals surface area contributed by atoms with E-state index in [4.69, 9.17) is 0 Å². The van der Waals surface area contributed by atoms with Crippen molar-refractivity contribution in [3.05, 3.63) is 48.0 Å². The normalized spacial score (nSPS) is 21.8. The van der Waals surface area contributed by atoms with Gasteiger partial charge in [-0.1, -0.05) is 31.0 Å². The Morgan fingerprint density at radius 2 is 1.45 bits per heavy atom. The Labute approximate surface area is 168 Å². The Hall–Kier alpha value is -3.22. The Balaban J connectivity index is 0.000000134. The quantitative estimate of drug-likeness (QED) is 0.506. The minimum Gasteiger partial charge on any atom is -0.506 e. The predicted molar refractivity (Wildman–Crippen MR) is 108 cm³/mol. The molecular weight excluding hydrogens is 368 g/mol. The van der Waals surface area contributed by atoms with Crippen LogP contribution < -0.4 is 0 Å². The molecule has 1 aliphatic carbocycles. The van der Waals surface area contributed by atoms with Gasteiger partial charge in [-0.15, -0.1) is 14.1 Å². The zero-order chi connectivity index (χ0) is 20.3. The van der Waals surface area contributed by atoms with Gasteiger partial charge in [-0.25, -0.2) is 0 Å². The second-order valence-corrected chi connectivity index (χ2v) is 8.08. The van der Waals surface area contributed by atoms with Gasteiger partial charge in [0.25, 0.3) is 0 Å². The smallest absolute Gasteiger partial charge is 0.232 e. The van der Waals surface area contributed by atoms with E-state index in [1.807, 2.05) is 45.2 Å². The Morgan fingerprint density at radius 3 is 2.00 bits per heavy atom. The number of aryl methyl sites for hydroxylation is 1. The molecule has 6 rings (SSSR count). The molecule has 7 heteroatoms. The molecule has 1 saturated carbocycles. The fourth-order valence-electron chi connectivity index (χ4n) is 4.62. The summed E-state index contributed by atoms with van der Waals surface area (Å²) in [4.78, 5) is 26.2. The second kappa shape index (κ2) is 6.40. The molecule has 0 radical (unpaired) electrons. The largest absolute Gasteiger partial charge is 0.506 e. The molecule has 2 aromatic heterocycles. The van der Waals surface area contributed by atoms with Crippen molar-refractivity contribution in [3.63, 3.8) is 0 Å². The van der Waals surface area contributed by atoms with Crippen molar-refractivity contribution in [1.82, 2.24) is 19.0 Å². The molecule has 0 spiro atoms. The van der Waals surface area contributed by atoms with E-state index in [-0.39, 0.29) is 23.7 Å². The Kier molecular flexibility index (Phi) is 3.94. The van der Waals surface area contributed by atoms with Crippen LogP contribution in [0.25, 0.3) is 16.7 Å². The summed E-state index contributed by atoms with van der Waals surface area (Å²) in [6, 6.07) is 13.8. The van der Waals surface area contributed by atoms with Gasteiger partial charge < -0.3 is 5.11 Å². The number of benzene rings is 2. The van der Waals surface area contributed by atoms with Crippen LogP contribution in [0.2, 0.25) is 0 Å². The molecule has 2 unspecified atom stereocenters. The number of rotatable bonds is 1. The van der Waals surface area contributed by atoms with Crippen molar-refractivity contribution in [2.45, 2.75) is 32.6 Å². The number of fused-ring (bicyclic) bond motifs is 5. The summed E-state index contributed by atoms with van der Waals surface area (Å²) in [5.41, 5.74) is 4.30. The number of amides is 2. The van der Waals surface area contributed by atoms with Crippen molar-refractivity contribution in [2.24, 2.45) is 11.8 Å². The van der Waals surface area contributed by atoms with Crippen LogP contribution in [0, 0.1) is 18.8 Å². The molecule has 2 aliphatic rings. The van der Waals surface area contributed by atoms with Crippen LogP contribution in [0.3, 0.4) is 0 Å². The molecule has 29 heavy (non-hydrogen) atoms. The fraction of sp³-hybridized carbons (Fsp3) is 0.364. The molecule has 2 fully saturated rings. The van der Waals surface area contributed by atoms with Gasteiger partial charge in [0, 0.05) is 7.05 Å². The third-order valence-electron chi connectivity index (χ3n) is 6.23. The zero-order valence-electron chi connectivity index (χ0n) is 16.6. The van der Waals surface area contributed by atoms with Crippen LogP contribution in [-0.4, -0.2) is 42.9 Å². The number of aromatic nitrogens is 3. The predicted octanol–water partition coefficient (Wildman–Crippen LogP) is 3.23. The van der Waals surface area contributed by atoms with Crippen molar-refractivity contribution in [1.29, 1.82) is 0 Å². The van der Waals surface area contributed by atoms with Gasteiger partial charge in [0.15, 0.2) is 0 Å². The number of carbonyl (C=O) groups is 2. The number of phenolic OH excluding ortho intramolecular Hbond substituents is 1. The molecule has 7 nitrogen and oxygen atoms in total. The SMILES string of the molecule is CN1C(=O)C2CCCCC2C1=O.Cc1ccc(O)c(-n2n3c4ccccc4n23)c1. The lowest BCUT2D eigenvalue weighted by Gasteiger charge is -2.19. The molecule has 2 aromatic carbocycles. The topological polar surface area (TPSA) is 71.4 Å². The third-order valence-corrected chi connectivity index (χ3v) is 6.23. The van der Waals surface area contributed by atoms with Gasteiger partial charge in [0.05, 0.1) is 11.8 Å². The highest BCUT2D eigenvalue weighted by atomic mass is 16.3. The summed E-state index contributed by atoms with van der Waals surface area (Å²) < 4.78 is 4.06. The third kappa shape index (κ3) is 2.64. The van der Waals surface area contributed by atoms with Crippen LogP contribution >= 0.6 is 0 Å². The molecule has 1 aliphatic heterocycles. The molecule has 4 aromatic rings. The lowest BCUT2D eigenvalue weighted by molar-refractivity contribution is -0.138. The van der Waals surface area contributed by atoms with Gasteiger partial charge in [0.2, 0.25) is 11.8 Å². The molecule has 2 atom stereocenters. The summed E-state index contributed by atoms with van der Waals surface area (Å²) in [6.45, 7) is 2.02. The summed E-state index contributed by atoms with van der Waals surface area (Å²) in [6.07, 6.45) is 4.04. The minimum atomic E-state index is 0.0243. The van der Waals surface area contributed by atoms with E-state index in [0.717, 1.165) is 36.9 Å². The van der Waals surface area contributed by atoms with Crippen LogP contribution in [0.5, 0.6) is 5.75 Å². The summed E-state index contributed by atoms with van der Waals surface area (Å²) in [5.74, 6) is 0.442. The number of imide groups is 1. The number of aromatic hydroxyl groups is 1. The molecule has 150 valence electrons. The first-order chi connectivity index (χ1) is 14.0. The standard InChI is InChI=1S/C13H11N3O.C9H13NO2/c1-9-6-7-13(17)12(8-9)16-14-10-4-2-3-5-11(10)15(14)16;1-10-8(11)6-4-2-3-5-7(6)9(10)12/h2-8,17H,1H3;6-7H,2-5H2,1H3. The highest BCUT2D eigenvalue weighted by Gasteiger charge is 2.46. The first-order valence-corrected chi connectivity index (χ1v) is 10.1. The average Bonchev–Trinajstić information content (AvgIpc) is 3.35. The van der Waals surface area contributed by atoms with Crippen LogP contribution in [0.1, 0.15) is 31.2 Å². The average molecular weight is 392 g/mol. The maximum Gasteiger partial charge on any atom is 0.232 e. The van der Waals surface area contributed by atoms with Crippen LogP contribution in [0.15, 0.2) is 42.5 Å². The van der Waals surface area contributed by atoms with Gasteiger partial charge in [-0.3, -0.25) is 14.5 Å². The van der Waals surface area contributed by atoms with Crippen molar-refractivity contribution < 1.29 is 14.7 Å². The number of hydrogen-bond acceptors (Lipinski definition) is 3. The monoisotopic (exact) mass is 392 g/mol. The molecular formula is C22H24N4O3. The zero-order valence-corrected chi connectivity index (χ0v) is 16.6. The summed E-state index contributed by atoms with van der Waals surface area (Å²) in [7, 11) is 1.60. The number of likely N-dealkylation sites (tertiary alicyclic amines) is 1. The van der Waals surface area contributed by atoms with Gasteiger partial charge in [0.1, 0.15) is 22.5 Å². The highest BCUT2D eigenvalue weighted by Crippen LogP contribution is 2.37. The molecule has 1 N–H and O–H groups in total. The van der Waals surface area contributed by atoms with Crippen LogP contribution in [0.4, 0.5) is 0 Å². The molecule has 3 heterocycles. The van der Waals surface area contributed by atoms with E-state index in [9.17, 15) is 14.7 Å². The van der Waals surface area contributed by atoms with Gasteiger partial charge >= 0.3 is 0 Å². The van der Waals surface area contributed by atoms with E-state index >= 15 is 0 Å². The molecule has 1 saturated heterocycles. The van der Waals surface area contributed by atoms with E-state index in [1.54, 1.807) is 13.1 Å². The van der Waals surface area contributed by atoms with Crippen molar-refractivity contribution >= 4 is 22.8 Å². The maximum atomic E-state index is 11.5. The van der Waals surface area contributed by atoms with E-state index in [1.165, 1.54) is 15.9 Å². The van der Waals surface area contributed by atoms with E-state index in [2.05, 4.69) is 12.1 Å². The van der Waals surface area contributed by atoms with Gasteiger partial charge in [-0.05, 0) is 49.6 Å². The second-order valence-electron chi connectivity index (χ2n) is 8.08. The molecule has 0 bridgehead atoms. The summed E-state index contributed by atoms with van der Waals surface area (Å²) in [5, 5.41) is 9.89. The fourth-order valence-corrected chi connectivity index (χ4v) is 4.62. The van der Waals surface area contributed by atoms with Crippen molar-refractivity contribution in [3.8, 4) is 11.4 Å². The molecule has 2 amide bonds. The highest BCUT2D eigenvalue weighted by molar-refractivity contribution is 6.04. The summed E-state index contributed by atoms with van der Waals surface area (Å²) >= 11 is 0. The van der Waals surface area contributed by atoms with Crippen molar-refractivity contribution in [2.75, 3.05) is 7.05 Å². The first kappa shape index (κ1) is 17.8. The maximum absolute atomic E-state index is 11.5. The number of carbonyl (C=O) groups excluding carboxylic acids is 2. The number of nitrogens with zero attached hydrogens (tertiary/aromatic N) is 4. The minimum absolute atomic E-state index is 0.0243. The Bertz CT molecular complexity index is 1150. The van der Waals surface area contributed by atoms with Crippen LogP contribution in [-0.2, 0) is 9.59 Å². The number of phenols is 1. The number of hydrogen-bond donors (Lipinski definition) is 1. The van der Waals surface area contributed by atoms with Gasteiger partial charge in [-0.2, -0.15) is 0 Å². The van der Waals surface area contributed by atoms with E-state index in [0.29, 0.717) is 5.75 Å². The number of para-hydroxylation sites is 2. The lowest BCUT2D eigenvalue weighted by Crippen LogP contribution is -2.25. The first-order valence-electron chi connectivity index (χ1n) is 10.1. The van der Waals surface area contributed by atoms with E-state index < -0.39 is 0 Å². The Morgan fingerprint density at radius 1 is 0.897 bits per heavy atom. The lowest BCUT2D eigenvalue weighted by atomic mass is 9.81.